The first kappa shape index (κ1) is 17.7. The quantitative estimate of drug-likeness (QED) is 0.731. The minimum atomic E-state index is -1.16. The summed E-state index contributed by atoms with van der Waals surface area (Å²) in [6.45, 7) is 5.32. The Balaban J connectivity index is 2.20. The summed E-state index contributed by atoms with van der Waals surface area (Å²) in [7, 11) is 0. The third-order valence-corrected chi connectivity index (χ3v) is 3.45. The van der Waals surface area contributed by atoms with E-state index in [9.17, 15) is 14.7 Å². The highest BCUT2D eigenvalue weighted by molar-refractivity contribution is 6.05. The van der Waals surface area contributed by atoms with Crippen molar-refractivity contribution in [3.8, 4) is 0 Å². The highest BCUT2D eigenvalue weighted by Gasteiger charge is 2.24. The zero-order valence-corrected chi connectivity index (χ0v) is 14.0. The van der Waals surface area contributed by atoms with Crippen molar-refractivity contribution in [1.29, 1.82) is 0 Å². The third-order valence-electron chi connectivity index (χ3n) is 3.45. The van der Waals surface area contributed by atoms with Gasteiger partial charge in [0, 0.05) is 5.69 Å². The van der Waals surface area contributed by atoms with E-state index in [0.29, 0.717) is 5.69 Å². The van der Waals surface area contributed by atoms with E-state index in [1.54, 1.807) is 12.1 Å². The topological polar surface area (TPSA) is 102 Å². The van der Waals surface area contributed by atoms with Crippen molar-refractivity contribution < 1.29 is 19.4 Å². The van der Waals surface area contributed by atoms with Gasteiger partial charge in [-0.15, -0.1) is 0 Å². The molecule has 0 spiro atoms. The number of hydrogen-bond acceptors (Lipinski definition) is 4. The van der Waals surface area contributed by atoms with E-state index in [1.165, 1.54) is 0 Å². The number of ether oxygens (including phenoxy) is 1. The molecule has 1 amide bonds. The van der Waals surface area contributed by atoms with Crippen molar-refractivity contribution in [3.63, 3.8) is 0 Å². The van der Waals surface area contributed by atoms with E-state index in [2.05, 4.69) is 5.32 Å². The maximum absolute atomic E-state index is 12.4. The van der Waals surface area contributed by atoms with Crippen LogP contribution in [0.2, 0.25) is 0 Å². The van der Waals surface area contributed by atoms with Gasteiger partial charge in [0.25, 0.3) is 5.91 Å². The molecule has 0 fully saturated rings. The minimum Gasteiger partial charge on any atom is -0.480 e. The second-order valence-electron chi connectivity index (χ2n) is 6.57. The number of fused-ring (bicyclic) bond motifs is 1. The van der Waals surface area contributed by atoms with Gasteiger partial charge in [0.2, 0.25) is 0 Å². The Labute approximate surface area is 140 Å². The van der Waals surface area contributed by atoms with Crippen molar-refractivity contribution in [1.82, 2.24) is 5.32 Å². The first-order valence-corrected chi connectivity index (χ1v) is 7.63. The fourth-order valence-corrected chi connectivity index (χ4v) is 2.20. The fourth-order valence-electron chi connectivity index (χ4n) is 2.20. The van der Waals surface area contributed by atoms with Crippen LogP contribution in [-0.2, 0) is 9.53 Å². The fraction of sp³-hybridized carbons (Fsp3) is 0.333. The van der Waals surface area contributed by atoms with E-state index in [1.807, 2.05) is 45.0 Å². The normalized spacial score (nSPS) is 12.8. The molecule has 0 saturated heterocycles. The molecular weight excluding hydrogens is 308 g/mol. The summed E-state index contributed by atoms with van der Waals surface area (Å²) < 4.78 is 5.46. The van der Waals surface area contributed by atoms with Crippen molar-refractivity contribution in [2.24, 2.45) is 0 Å². The number of carboxylic acid groups (broad SMARTS) is 1. The van der Waals surface area contributed by atoms with Gasteiger partial charge in [0.05, 0.1) is 17.8 Å². The number of amides is 1. The highest BCUT2D eigenvalue weighted by Crippen LogP contribution is 2.22. The molecule has 128 valence electrons. The molecule has 0 aliphatic heterocycles. The van der Waals surface area contributed by atoms with Crippen LogP contribution in [-0.4, -0.2) is 35.2 Å². The Bertz CT molecular complexity index is 765. The van der Waals surface area contributed by atoms with E-state index in [-0.39, 0.29) is 12.2 Å². The molecule has 0 heterocycles. The molecule has 0 aliphatic carbocycles. The number of nitrogens with one attached hydrogen (secondary N) is 1. The first-order valence-electron chi connectivity index (χ1n) is 7.63. The predicted molar refractivity (Wildman–Crippen MR) is 93.0 cm³/mol. The van der Waals surface area contributed by atoms with Gasteiger partial charge in [-0.2, -0.15) is 0 Å². The van der Waals surface area contributed by atoms with Crippen LogP contribution in [0.25, 0.3) is 10.8 Å². The monoisotopic (exact) mass is 330 g/mol. The number of nitrogens with two attached hydrogens (primary N) is 1. The third kappa shape index (κ3) is 4.45. The molecule has 0 aliphatic rings. The molecule has 2 aromatic carbocycles. The molecule has 1 atom stereocenters. The molecular formula is C18H22N2O4. The van der Waals surface area contributed by atoms with Gasteiger partial charge in [-0.3, -0.25) is 4.79 Å². The number of carbonyl (C=O) groups is 2. The summed E-state index contributed by atoms with van der Waals surface area (Å²) in [6, 6.07) is 9.70. The molecule has 6 heteroatoms. The number of nitrogen functional groups attached to an aromatic ring is 1. The van der Waals surface area contributed by atoms with Gasteiger partial charge in [0.1, 0.15) is 0 Å². The number of carboxylic acids is 1. The van der Waals surface area contributed by atoms with Crippen molar-refractivity contribution in [3.05, 3.63) is 42.0 Å². The zero-order valence-electron chi connectivity index (χ0n) is 14.0. The lowest BCUT2D eigenvalue weighted by molar-refractivity contribution is -0.142. The molecule has 6 nitrogen and oxygen atoms in total. The van der Waals surface area contributed by atoms with Crippen LogP contribution in [0.4, 0.5) is 5.69 Å². The first-order chi connectivity index (χ1) is 11.2. The minimum absolute atomic E-state index is 0.127. The van der Waals surface area contributed by atoms with Crippen molar-refractivity contribution >= 4 is 28.3 Å². The molecule has 24 heavy (non-hydrogen) atoms. The van der Waals surface area contributed by atoms with Gasteiger partial charge in [-0.1, -0.05) is 24.3 Å². The van der Waals surface area contributed by atoms with E-state index in [0.717, 1.165) is 10.8 Å². The maximum Gasteiger partial charge on any atom is 0.328 e. The Kier molecular flexibility index (Phi) is 5.09. The van der Waals surface area contributed by atoms with Crippen LogP contribution < -0.4 is 11.1 Å². The van der Waals surface area contributed by atoms with Crippen LogP contribution in [0.1, 0.15) is 31.1 Å². The summed E-state index contributed by atoms with van der Waals surface area (Å²) in [5.41, 5.74) is 5.99. The summed E-state index contributed by atoms with van der Waals surface area (Å²) in [4.78, 5) is 23.8. The average Bonchev–Trinajstić information content (AvgIpc) is 2.49. The Morgan fingerprint density at radius 1 is 1.21 bits per heavy atom. The lowest BCUT2D eigenvalue weighted by Crippen LogP contribution is -2.45. The van der Waals surface area contributed by atoms with Crippen LogP contribution in [0.15, 0.2) is 36.4 Å². The molecule has 0 unspecified atom stereocenters. The maximum atomic E-state index is 12.4. The Hall–Kier alpha value is -2.60. The zero-order chi connectivity index (χ0) is 17.9. The van der Waals surface area contributed by atoms with E-state index in [4.69, 9.17) is 10.5 Å². The number of benzene rings is 2. The second kappa shape index (κ2) is 6.88. The lowest BCUT2D eigenvalue weighted by atomic mass is 10.0. The number of anilines is 1. The Morgan fingerprint density at radius 3 is 2.33 bits per heavy atom. The Morgan fingerprint density at radius 2 is 1.79 bits per heavy atom. The molecule has 0 bridgehead atoms. The largest absolute Gasteiger partial charge is 0.480 e. The number of hydrogen-bond donors (Lipinski definition) is 3. The molecule has 0 saturated carbocycles. The molecule has 0 aromatic heterocycles. The predicted octanol–water partition coefficient (Wildman–Crippen LogP) is 2.42. The van der Waals surface area contributed by atoms with Gasteiger partial charge in [-0.25, -0.2) is 4.79 Å². The molecule has 0 radical (unpaired) electrons. The van der Waals surface area contributed by atoms with Crippen molar-refractivity contribution in [2.45, 2.75) is 32.4 Å². The molecule has 4 N–H and O–H groups in total. The number of rotatable bonds is 5. The van der Waals surface area contributed by atoms with Gasteiger partial charge < -0.3 is 20.9 Å². The smallest absolute Gasteiger partial charge is 0.328 e. The van der Waals surface area contributed by atoms with Gasteiger partial charge in [0.15, 0.2) is 6.04 Å². The van der Waals surface area contributed by atoms with Crippen LogP contribution in [0, 0.1) is 0 Å². The highest BCUT2D eigenvalue weighted by atomic mass is 16.5. The molecule has 2 aromatic rings. The van der Waals surface area contributed by atoms with Crippen LogP contribution in [0.5, 0.6) is 0 Å². The lowest BCUT2D eigenvalue weighted by Gasteiger charge is -2.23. The van der Waals surface area contributed by atoms with E-state index < -0.39 is 23.5 Å². The summed E-state index contributed by atoms with van der Waals surface area (Å²) in [5, 5.41) is 13.5. The van der Waals surface area contributed by atoms with Crippen LogP contribution >= 0.6 is 0 Å². The SMILES string of the molecule is CC(C)(C)OC[C@H](NC(=O)c1cc2ccccc2cc1N)C(=O)O. The summed E-state index contributed by atoms with van der Waals surface area (Å²) in [6.07, 6.45) is 0. The number of aliphatic carboxylic acids is 1. The van der Waals surface area contributed by atoms with Crippen molar-refractivity contribution in [2.75, 3.05) is 12.3 Å². The standard InChI is InChI=1S/C18H22N2O4/c1-18(2,3)24-10-15(17(22)23)20-16(21)13-8-11-6-4-5-7-12(11)9-14(13)19/h4-9,15H,10,19H2,1-3H3,(H,20,21)(H,22,23)/t15-/m0/s1. The number of carbonyl (C=O) groups excluding carboxylic acids is 1. The summed E-state index contributed by atoms with van der Waals surface area (Å²) >= 11 is 0. The van der Waals surface area contributed by atoms with Gasteiger partial charge >= 0.3 is 5.97 Å². The van der Waals surface area contributed by atoms with Crippen LogP contribution in [0.3, 0.4) is 0 Å². The summed E-state index contributed by atoms with van der Waals surface area (Å²) in [5.74, 6) is -1.70. The average molecular weight is 330 g/mol. The van der Waals surface area contributed by atoms with E-state index >= 15 is 0 Å². The second-order valence-corrected chi connectivity index (χ2v) is 6.57. The molecule has 2 rings (SSSR count). The van der Waals surface area contributed by atoms with Gasteiger partial charge in [-0.05, 0) is 43.7 Å².